The van der Waals surface area contributed by atoms with Crippen LogP contribution >= 0.6 is 0 Å². The summed E-state index contributed by atoms with van der Waals surface area (Å²) in [5.74, 6) is -0.600. The number of anilines is 1. The normalized spacial score (nSPS) is 11.4. The summed E-state index contributed by atoms with van der Waals surface area (Å²) in [6, 6.07) is 21.5. The molecule has 2 N–H and O–H groups in total. The van der Waals surface area contributed by atoms with Crippen LogP contribution in [0.5, 0.6) is 0 Å². The van der Waals surface area contributed by atoms with Crippen molar-refractivity contribution in [3.8, 4) is 0 Å². The minimum atomic E-state index is -0.705. The number of nitro groups is 1. The number of ketones is 1. The first-order valence-electron chi connectivity index (χ1n) is 9.42. The molecule has 0 heterocycles. The summed E-state index contributed by atoms with van der Waals surface area (Å²) in [5, 5.41) is 17.2. The van der Waals surface area contributed by atoms with E-state index in [1.54, 1.807) is 37.3 Å². The highest BCUT2D eigenvalue weighted by Crippen LogP contribution is 2.27. The maximum Gasteiger partial charge on any atom is 0.293 e. The third-order valence-corrected chi connectivity index (χ3v) is 4.57. The molecule has 0 fully saturated rings. The SMILES string of the molecule is CC(Nc1ccc(C(=O)c2ccccc2)cc1[N+](=O)[O-])C(=O)NCc1ccccc1. The summed E-state index contributed by atoms with van der Waals surface area (Å²) >= 11 is 0. The van der Waals surface area contributed by atoms with Crippen molar-refractivity contribution in [2.75, 3.05) is 5.32 Å². The van der Waals surface area contributed by atoms with Crippen molar-refractivity contribution in [1.29, 1.82) is 0 Å². The average Bonchev–Trinajstić information content (AvgIpc) is 2.78. The smallest absolute Gasteiger partial charge is 0.293 e. The molecule has 3 rings (SSSR count). The van der Waals surface area contributed by atoms with Gasteiger partial charge in [-0.2, -0.15) is 0 Å². The van der Waals surface area contributed by atoms with Crippen LogP contribution in [0.4, 0.5) is 11.4 Å². The zero-order valence-electron chi connectivity index (χ0n) is 16.4. The van der Waals surface area contributed by atoms with E-state index in [4.69, 9.17) is 0 Å². The van der Waals surface area contributed by atoms with Gasteiger partial charge in [0.15, 0.2) is 5.78 Å². The summed E-state index contributed by atoms with van der Waals surface area (Å²) in [5.41, 5.74) is 1.51. The Labute approximate surface area is 173 Å². The third kappa shape index (κ3) is 5.08. The number of carbonyl (C=O) groups excluding carboxylic acids is 2. The van der Waals surface area contributed by atoms with E-state index in [2.05, 4.69) is 10.6 Å². The summed E-state index contributed by atoms with van der Waals surface area (Å²) in [6.45, 7) is 1.98. The largest absolute Gasteiger partial charge is 0.368 e. The van der Waals surface area contributed by atoms with E-state index in [0.29, 0.717) is 12.1 Å². The Morgan fingerprint density at radius 2 is 1.57 bits per heavy atom. The summed E-state index contributed by atoms with van der Waals surface area (Å²) < 4.78 is 0. The van der Waals surface area contributed by atoms with Gasteiger partial charge >= 0.3 is 0 Å². The lowest BCUT2D eigenvalue weighted by Crippen LogP contribution is -2.37. The van der Waals surface area contributed by atoms with Crippen LogP contribution in [0.25, 0.3) is 0 Å². The Kier molecular flexibility index (Phi) is 6.54. The molecule has 0 aliphatic carbocycles. The van der Waals surface area contributed by atoms with Crippen LogP contribution in [0.3, 0.4) is 0 Å². The minimum Gasteiger partial charge on any atom is -0.368 e. The molecule has 0 bridgehead atoms. The molecule has 7 heteroatoms. The van der Waals surface area contributed by atoms with Crippen LogP contribution in [0.2, 0.25) is 0 Å². The van der Waals surface area contributed by atoms with Crippen molar-refractivity contribution in [2.45, 2.75) is 19.5 Å². The first kappa shape index (κ1) is 20.7. The highest BCUT2D eigenvalue weighted by Gasteiger charge is 2.21. The molecule has 0 saturated heterocycles. The van der Waals surface area contributed by atoms with Gasteiger partial charge in [-0.1, -0.05) is 60.7 Å². The van der Waals surface area contributed by atoms with Crippen molar-refractivity contribution in [3.05, 3.63) is 106 Å². The molecule has 0 spiro atoms. The molecular weight excluding hydrogens is 382 g/mol. The van der Waals surface area contributed by atoms with Crippen molar-refractivity contribution < 1.29 is 14.5 Å². The topological polar surface area (TPSA) is 101 Å². The van der Waals surface area contributed by atoms with Gasteiger partial charge < -0.3 is 10.6 Å². The maximum atomic E-state index is 12.6. The predicted octanol–water partition coefficient (Wildman–Crippen LogP) is 3.94. The molecule has 0 radical (unpaired) electrons. The predicted molar refractivity (Wildman–Crippen MR) is 114 cm³/mol. The number of rotatable bonds is 8. The van der Waals surface area contributed by atoms with E-state index in [0.717, 1.165) is 5.56 Å². The van der Waals surface area contributed by atoms with Crippen molar-refractivity contribution in [1.82, 2.24) is 5.32 Å². The quantitative estimate of drug-likeness (QED) is 0.337. The van der Waals surface area contributed by atoms with Crippen LogP contribution < -0.4 is 10.6 Å². The lowest BCUT2D eigenvalue weighted by atomic mass is 10.0. The zero-order valence-corrected chi connectivity index (χ0v) is 16.4. The van der Waals surface area contributed by atoms with Gasteiger partial charge in [0.2, 0.25) is 5.91 Å². The molecule has 0 saturated carbocycles. The van der Waals surface area contributed by atoms with Crippen LogP contribution in [0.15, 0.2) is 78.9 Å². The van der Waals surface area contributed by atoms with Crippen molar-refractivity contribution >= 4 is 23.1 Å². The van der Waals surface area contributed by atoms with Gasteiger partial charge in [0.1, 0.15) is 11.7 Å². The molecule has 1 atom stereocenters. The molecular formula is C23H21N3O4. The number of amides is 1. The van der Waals surface area contributed by atoms with Gasteiger partial charge in [-0.15, -0.1) is 0 Å². The summed E-state index contributed by atoms with van der Waals surface area (Å²) in [7, 11) is 0. The molecule has 3 aromatic rings. The Bertz CT molecular complexity index is 1050. The van der Waals surface area contributed by atoms with Gasteiger partial charge in [0, 0.05) is 23.7 Å². The van der Waals surface area contributed by atoms with Crippen LogP contribution in [0, 0.1) is 10.1 Å². The van der Waals surface area contributed by atoms with Crippen molar-refractivity contribution in [3.63, 3.8) is 0 Å². The van der Waals surface area contributed by atoms with E-state index >= 15 is 0 Å². The highest BCUT2D eigenvalue weighted by molar-refractivity contribution is 6.09. The molecule has 1 unspecified atom stereocenters. The lowest BCUT2D eigenvalue weighted by Gasteiger charge is -2.16. The maximum absolute atomic E-state index is 12.6. The lowest BCUT2D eigenvalue weighted by molar-refractivity contribution is -0.384. The second-order valence-electron chi connectivity index (χ2n) is 6.75. The van der Waals surface area contributed by atoms with E-state index in [1.165, 1.54) is 18.2 Å². The van der Waals surface area contributed by atoms with Gasteiger partial charge in [-0.25, -0.2) is 0 Å². The first-order valence-corrected chi connectivity index (χ1v) is 9.42. The number of hydrogen-bond acceptors (Lipinski definition) is 5. The molecule has 152 valence electrons. The summed E-state index contributed by atoms with van der Waals surface area (Å²) in [4.78, 5) is 35.9. The van der Waals surface area contributed by atoms with Gasteiger partial charge in [-0.3, -0.25) is 19.7 Å². The number of benzene rings is 3. The van der Waals surface area contributed by atoms with E-state index in [1.807, 2.05) is 30.3 Å². The number of hydrogen-bond donors (Lipinski definition) is 2. The van der Waals surface area contributed by atoms with Crippen LogP contribution in [0.1, 0.15) is 28.4 Å². The van der Waals surface area contributed by atoms with Crippen molar-refractivity contribution in [2.24, 2.45) is 0 Å². The molecule has 0 aliphatic heterocycles. The Hall–Kier alpha value is -4.00. The number of nitrogens with zero attached hydrogens (tertiary/aromatic N) is 1. The van der Waals surface area contributed by atoms with Gasteiger partial charge in [0.25, 0.3) is 5.69 Å². The minimum absolute atomic E-state index is 0.173. The third-order valence-electron chi connectivity index (χ3n) is 4.57. The fraction of sp³-hybridized carbons (Fsp3) is 0.130. The zero-order chi connectivity index (χ0) is 21.5. The Morgan fingerprint density at radius 3 is 2.20 bits per heavy atom. The first-order chi connectivity index (χ1) is 14.5. The van der Waals surface area contributed by atoms with E-state index < -0.39 is 11.0 Å². The number of nitro benzene ring substituents is 1. The average molecular weight is 403 g/mol. The molecule has 7 nitrogen and oxygen atoms in total. The second kappa shape index (κ2) is 9.47. The molecule has 0 aliphatic rings. The molecule has 0 aromatic heterocycles. The monoisotopic (exact) mass is 403 g/mol. The fourth-order valence-corrected chi connectivity index (χ4v) is 2.94. The van der Waals surface area contributed by atoms with E-state index in [9.17, 15) is 19.7 Å². The van der Waals surface area contributed by atoms with Gasteiger partial charge in [0.05, 0.1) is 4.92 Å². The van der Waals surface area contributed by atoms with Crippen LogP contribution in [-0.4, -0.2) is 22.7 Å². The molecule has 30 heavy (non-hydrogen) atoms. The number of carbonyl (C=O) groups is 2. The fourth-order valence-electron chi connectivity index (χ4n) is 2.94. The Balaban J connectivity index is 1.72. The summed E-state index contributed by atoms with van der Waals surface area (Å²) in [6.07, 6.45) is 0. The Morgan fingerprint density at radius 1 is 0.933 bits per heavy atom. The molecule has 3 aromatic carbocycles. The van der Waals surface area contributed by atoms with Crippen LogP contribution in [-0.2, 0) is 11.3 Å². The highest BCUT2D eigenvalue weighted by atomic mass is 16.6. The molecule has 1 amide bonds. The van der Waals surface area contributed by atoms with E-state index in [-0.39, 0.29) is 28.6 Å². The standard InChI is InChI=1S/C23H21N3O4/c1-16(23(28)24-15-17-8-4-2-5-9-17)25-20-13-12-19(14-21(20)26(29)30)22(27)18-10-6-3-7-11-18/h2-14,16,25H,15H2,1H3,(H,24,28). The second-order valence-corrected chi connectivity index (χ2v) is 6.75. The number of nitrogens with one attached hydrogen (secondary N) is 2. The van der Waals surface area contributed by atoms with Gasteiger partial charge in [-0.05, 0) is 24.6 Å².